The van der Waals surface area contributed by atoms with Gasteiger partial charge in [-0.3, -0.25) is 14.6 Å². The lowest BCUT2D eigenvalue weighted by atomic mass is 9.75. The lowest BCUT2D eigenvalue weighted by Crippen LogP contribution is -2.66. The third-order valence-electron chi connectivity index (χ3n) is 6.37. The molecule has 2 aromatic rings. The maximum atomic E-state index is 13.8. The second-order valence-electron chi connectivity index (χ2n) is 8.60. The van der Waals surface area contributed by atoms with Crippen LogP contribution in [-0.4, -0.2) is 53.7 Å². The number of carbonyl (C=O) groups is 2. The molecule has 0 aromatic heterocycles. The number of rotatable bonds is 8. The Morgan fingerprint density at radius 3 is 2.48 bits per heavy atom. The zero-order chi connectivity index (χ0) is 24.1. The van der Waals surface area contributed by atoms with Crippen molar-refractivity contribution in [2.75, 3.05) is 13.1 Å². The lowest BCUT2D eigenvalue weighted by molar-refractivity contribution is -0.150. The number of likely N-dealkylation sites (N-methyl/N-ethyl adjacent to an activating group) is 1. The molecule has 0 aliphatic carbocycles. The Kier molecular flexibility index (Phi) is 7.84. The minimum atomic E-state index is -0.789. The summed E-state index contributed by atoms with van der Waals surface area (Å²) in [6, 6.07) is 12.6. The van der Waals surface area contributed by atoms with E-state index in [4.69, 9.17) is 0 Å². The van der Waals surface area contributed by atoms with E-state index in [1.807, 2.05) is 44.8 Å². The number of piperidine rings is 1. The van der Waals surface area contributed by atoms with Crippen molar-refractivity contribution >= 4 is 18.5 Å². The van der Waals surface area contributed by atoms with Crippen LogP contribution in [0.2, 0.25) is 0 Å². The van der Waals surface area contributed by atoms with Crippen LogP contribution in [0.5, 0.6) is 0 Å². The number of benzene rings is 2. The van der Waals surface area contributed by atoms with E-state index in [9.17, 15) is 14.0 Å². The molecular weight excluding hydrogens is 419 g/mol. The van der Waals surface area contributed by atoms with Gasteiger partial charge >= 0.3 is 0 Å². The van der Waals surface area contributed by atoms with Gasteiger partial charge in [-0.15, -0.1) is 0 Å². The number of nitrogens with zero attached hydrogens (tertiary/aromatic N) is 3. The van der Waals surface area contributed by atoms with E-state index in [-0.39, 0.29) is 35.6 Å². The molecule has 1 fully saturated rings. The SMILES string of the molecule is C=NN(CCC)C1C(C)[C@H](c2ccc(F)cc2)[C@H](NC(=O)c2cccc(C)c2)C(=O)N1CC. The predicted octanol–water partition coefficient (Wildman–Crippen LogP) is 4.17. The number of hydrogen-bond acceptors (Lipinski definition) is 4. The van der Waals surface area contributed by atoms with Gasteiger partial charge in [0.15, 0.2) is 0 Å². The third-order valence-corrected chi connectivity index (χ3v) is 6.37. The fourth-order valence-electron chi connectivity index (χ4n) is 4.87. The van der Waals surface area contributed by atoms with Crippen LogP contribution < -0.4 is 5.32 Å². The van der Waals surface area contributed by atoms with Crippen molar-refractivity contribution in [1.82, 2.24) is 15.2 Å². The number of hydrogen-bond donors (Lipinski definition) is 1. The highest BCUT2D eigenvalue weighted by atomic mass is 19.1. The molecule has 1 aliphatic rings. The van der Waals surface area contributed by atoms with Crippen molar-refractivity contribution in [3.63, 3.8) is 0 Å². The molecule has 0 spiro atoms. The maximum absolute atomic E-state index is 13.8. The van der Waals surface area contributed by atoms with Crippen molar-refractivity contribution in [2.45, 2.75) is 52.2 Å². The van der Waals surface area contributed by atoms with Crippen molar-refractivity contribution in [2.24, 2.45) is 11.0 Å². The summed E-state index contributed by atoms with van der Waals surface area (Å²) < 4.78 is 13.7. The number of nitrogens with one attached hydrogen (secondary N) is 1. The smallest absolute Gasteiger partial charge is 0.251 e. The second-order valence-corrected chi connectivity index (χ2v) is 8.60. The van der Waals surface area contributed by atoms with E-state index < -0.39 is 6.04 Å². The van der Waals surface area contributed by atoms with Crippen molar-refractivity contribution in [3.05, 3.63) is 71.0 Å². The van der Waals surface area contributed by atoms with E-state index in [0.29, 0.717) is 18.7 Å². The van der Waals surface area contributed by atoms with Gasteiger partial charge in [0, 0.05) is 37.2 Å². The Morgan fingerprint density at radius 1 is 1.21 bits per heavy atom. The Hall–Kier alpha value is -3.22. The van der Waals surface area contributed by atoms with Crippen LogP contribution in [0.25, 0.3) is 0 Å². The summed E-state index contributed by atoms with van der Waals surface area (Å²) in [5, 5.41) is 9.05. The molecule has 0 radical (unpaired) electrons. The largest absolute Gasteiger partial charge is 0.340 e. The Morgan fingerprint density at radius 2 is 1.91 bits per heavy atom. The molecule has 176 valence electrons. The first-order valence-electron chi connectivity index (χ1n) is 11.5. The molecule has 3 rings (SSSR count). The molecule has 33 heavy (non-hydrogen) atoms. The monoisotopic (exact) mass is 452 g/mol. The molecule has 4 atom stereocenters. The Labute approximate surface area is 195 Å². The summed E-state index contributed by atoms with van der Waals surface area (Å²) in [5.74, 6) is -1.30. The number of carbonyl (C=O) groups excluding carboxylic acids is 2. The fraction of sp³-hybridized carbons (Fsp3) is 0.423. The number of amides is 2. The fourth-order valence-corrected chi connectivity index (χ4v) is 4.87. The summed E-state index contributed by atoms with van der Waals surface area (Å²) in [7, 11) is 0. The first kappa shape index (κ1) is 24.4. The van der Waals surface area contributed by atoms with Gasteiger partial charge in [-0.05, 0) is 50.1 Å². The third kappa shape index (κ3) is 5.07. The zero-order valence-corrected chi connectivity index (χ0v) is 19.8. The molecule has 0 bridgehead atoms. The minimum absolute atomic E-state index is 0.104. The van der Waals surface area contributed by atoms with E-state index in [2.05, 4.69) is 17.1 Å². The number of likely N-dealkylation sites (tertiary alicyclic amines) is 1. The summed E-state index contributed by atoms with van der Waals surface area (Å²) in [6.07, 6.45) is 0.532. The number of hydrazone groups is 1. The second kappa shape index (κ2) is 10.6. The molecule has 2 amide bonds. The van der Waals surface area contributed by atoms with Gasteiger partial charge in [0.2, 0.25) is 5.91 Å². The van der Waals surface area contributed by atoms with Crippen LogP contribution in [0.15, 0.2) is 53.6 Å². The highest BCUT2D eigenvalue weighted by Crippen LogP contribution is 2.39. The molecule has 1 saturated heterocycles. The molecule has 0 saturated carbocycles. The molecule has 1 N–H and O–H groups in total. The van der Waals surface area contributed by atoms with E-state index in [1.54, 1.807) is 29.2 Å². The summed E-state index contributed by atoms with van der Waals surface area (Å²) in [4.78, 5) is 28.7. The predicted molar refractivity (Wildman–Crippen MR) is 128 cm³/mol. The number of halogens is 1. The van der Waals surface area contributed by atoms with Crippen LogP contribution in [0, 0.1) is 18.7 Å². The van der Waals surface area contributed by atoms with Crippen LogP contribution in [0.3, 0.4) is 0 Å². The molecule has 2 aromatic carbocycles. The molecular formula is C26H33FN4O2. The molecule has 6 nitrogen and oxygen atoms in total. The minimum Gasteiger partial charge on any atom is -0.340 e. The Balaban J connectivity index is 2.05. The first-order valence-corrected chi connectivity index (χ1v) is 11.5. The molecule has 2 unspecified atom stereocenters. The summed E-state index contributed by atoms with van der Waals surface area (Å²) in [5.41, 5.74) is 2.26. The van der Waals surface area contributed by atoms with E-state index in [1.165, 1.54) is 12.1 Å². The highest BCUT2D eigenvalue weighted by molar-refractivity contribution is 5.98. The van der Waals surface area contributed by atoms with Crippen molar-refractivity contribution in [1.29, 1.82) is 0 Å². The quantitative estimate of drug-likeness (QED) is 0.483. The Bertz CT molecular complexity index is 994. The average molecular weight is 453 g/mol. The first-order chi connectivity index (χ1) is 15.8. The lowest BCUT2D eigenvalue weighted by Gasteiger charge is -2.50. The van der Waals surface area contributed by atoms with Crippen LogP contribution in [0.4, 0.5) is 4.39 Å². The topological polar surface area (TPSA) is 65.0 Å². The van der Waals surface area contributed by atoms with Crippen LogP contribution in [0.1, 0.15) is 54.6 Å². The zero-order valence-electron chi connectivity index (χ0n) is 19.8. The standard InChI is InChI=1S/C26H33FN4O2/c1-6-15-31(28-5)25-18(4)22(19-11-13-21(27)14-12-19)23(26(33)30(25)7-2)29-24(32)20-10-8-9-17(3)16-20/h8-14,16,18,22-23,25H,5-7,15H2,1-4H3,(H,29,32)/t18?,22-,23+,25?/m1/s1. The van der Waals surface area contributed by atoms with E-state index in [0.717, 1.165) is 17.5 Å². The highest BCUT2D eigenvalue weighted by Gasteiger charge is 2.49. The average Bonchev–Trinajstić information content (AvgIpc) is 2.80. The van der Waals surface area contributed by atoms with Gasteiger partial charge in [0.25, 0.3) is 5.91 Å². The molecule has 1 aliphatic heterocycles. The molecule has 1 heterocycles. The molecule has 7 heteroatoms. The summed E-state index contributed by atoms with van der Waals surface area (Å²) in [6.45, 7) is 12.8. The van der Waals surface area contributed by atoms with Gasteiger partial charge in [-0.2, -0.15) is 5.10 Å². The van der Waals surface area contributed by atoms with Gasteiger partial charge in [0.1, 0.15) is 18.0 Å². The van der Waals surface area contributed by atoms with Crippen molar-refractivity contribution < 1.29 is 14.0 Å². The summed E-state index contributed by atoms with van der Waals surface area (Å²) >= 11 is 0. The normalized spacial score (nSPS) is 22.7. The number of aryl methyl sites for hydroxylation is 1. The van der Waals surface area contributed by atoms with Gasteiger partial charge in [-0.25, -0.2) is 4.39 Å². The van der Waals surface area contributed by atoms with Crippen LogP contribution in [-0.2, 0) is 4.79 Å². The van der Waals surface area contributed by atoms with Gasteiger partial charge < -0.3 is 10.2 Å². The van der Waals surface area contributed by atoms with Crippen LogP contribution >= 0.6 is 0 Å². The van der Waals surface area contributed by atoms with Gasteiger partial charge in [0.05, 0.1) is 0 Å². The van der Waals surface area contributed by atoms with Crippen molar-refractivity contribution in [3.8, 4) is 0 Å². The van der Waals surface area contributed by atoms with Gasteiger partial charge in [-0.1, -0.05) is 43.7 Å². The maximum Gasteiger partial charge on any atom is 0.251 e. The van der Waals surface area contributed by atoms with E-state index >= 15 is 0 Å².